The Hall–Kier alpha value is -1.95. The van der Waals surface area contributed by atoms with Gasteiger partial charge in [-0.05, 0) is 63.2 Å². The molecule has 0 spiro atoms. The van der Waals surface area contributed by atoms with E-state index < -0.39 is 0 Å². The van der Waals surface area contributed by atoms with E-state index in [1.165, 1.54) is 49.8 Å². The average molecular weight is 391 g/mol. The lowest BCUT2D eigenvalue weighted by Gasteiger charge is -2.32. The molecule has 158 valence electrons. The summed E-state index contributed by atoms with van der Waals surface area (Å²) in [7, 11) is 9.52. The molecule has 1 aliphatic rings. The van der Waals surface area contributed by atoms with E-state index >= 15 is 0 Å². The first kappa shape index (κ1) is 22.3. The monoisotopic (exact) mass is 390 g/mol. The normalized spacial score (nSPS) is 14.2. The quantitative estimate of drug-likeness (QED) is 0.378. The van der Waals surface area contributed by atoms with Gasteiger partial charge in [0.2, 0.25) is 0 Å². The Kier molecular flexibility index (Phi) is 9.41. The Labute approximate surface area is 170 Å². The zero-order valence-corrected chi connectivity index (χ0v) is 18.4. The highest BCUT2D eigenvalue weighted by Crippen LogP contribution is 2.33. The van der Waals surface area contributed by atoms with Gasteiger partial charge in [-0.25, -0.2) is 0 Å². The van der Waals surface area contributed by atoms with Crippen LogP contribution in [0.15, 0.2) is 17.1 Å². The Morgan fingerprint density at radius 2 is 1.68 bits per heavy atom. The van der Waals surface area contributed by atoms with Crippen molar-refractivity contribution >= 4 is 5.96 Å². The van der Waals surface area contributed by atoms with E-state index in [-0.39, 0.29) is 0 Å². The molecule has 28 heavy (non-hydrogen) atoms. The number of methoxy groups -OCH3 is 2. The van der Waals surface area contributed by atoms with Gasteiger partial charge in [-0.1, -0.05) is 19.3 Å². The van der Waals surface area contributed by atoms with Crippen molar-refractivity contribution in [2.45, 2.75) is 45.1 Å². The topological polar surface area (TPSA) is 49.3 Å². The smallest absolute Gasteiger partial charge is 0.193 e. The second kappa shape index (κ2) is 11.8. The van der Waals surface area contributed by atoms with Gasteiger partial charge in [-0.15, -0.1) is 0 Å². The molecule has 0 amide bonds. The fraction of sp³-hybridized carbons (Fsp3) is 0.682. The molecule has 0 unspecified atom stereocenters. The van der Waals surface area contributed by atoms with Crippen LogP contribution in [0.4, 0.5) is 0 Å². The summed E-state index contributed by atoms with van der Waals surface area (Å²) in [5, 5.41) is 3.54. The van der Waals surface area contributed by atoms with Crippen LogP contribution in [0.2, 0.25) is 0 Å². The van der Waals surface area contributed by atoms with Crippen LogP contribution in [0, 0.1) is 0 Å². The Balaban J connectivity index is 1.78. The van der Waals surface area contributed by atoms with Gasteiger partial charge in [-0.3, -0.25) is 4.99 Å². The average Bonchev–Trinajstić information content (AvgIpc) is 2.71. The zero-order valence-electron chi connectivity index (χ0n) is 18.4. The van der Waals surface area contributed by atoms with E-state index in [1.54, 1.807) is 14.2 Å². The minimum Gasteiger partial charge on any atom is -0.493 e. The second-order valence-corrected chi connectivity index (χ2v) is 7.69. The van der Waals surface area contributed by atoms with E-state index in [9.17, 15) is 0 Å². The maximum absolute atomic E-state index is 5.47. The minimum atomic E-state index is 0.792. The molecule has 0 aliphatic carbocycles. The van der Waals surface area contributed by atoms with Gasteiger partial charge in [0.25, 0.3) is 0 Å². The summed E-state index contributed by atoms with van der Waals surface area (Å²) in [6.45, 7) is 3.99. The minimum absolute atomic E-state index is 0.792. The molecule has 0 aromatic heterocycles. The fourth-order valence-electron chi connectivity index (χ4n) is 3.68. The first-order chi connectivity index (χ1) is 13.6. The van der Waals surface area contributed by atoms with Crippen molar-refractivity contribution in [1.82, 2.24) is 15.1 Å². The maximum Gasteiger partial charge on any atom is 0.193 e. The summed E-state index contributed by atoms with van der Waals surface area (Å²) in [6, 6.07) is 4.21. The van der Waals surface area contributed by atoms with Crippen LogP contribution >= 0.6 is 0 Å². The molecule has 2 rings (SSSR count). The Morgan fingerprint density at radius 3 is 2.32 bits per heavy atom. The van der Waals surface area contributed by atoms with Crippen molar-refractivity contribution in [2.24, 2.45) is 4.99 Å². The summed E-state index contributed by atoms with van der Waals surface area (Å²) < 4.78 is 10.9. The fourth-order valence-corrected chi connectivity index (χ4v) is 3.68. The van der Waals surface area contributed by atoms with Crippen LogP contribution in [-0.2, 0) is 13.0 Å². The molecule has 1 N–H and O–H groups in total. The molecule has 6 nitrogen and oxygen atoms in total. The lowest BCUT2D eigenvalue weighted by molar-refractivity contribution is 0.346. The Morgan fingerprint density at radius 1 is 1.04 bits per heavy atom. The van der Waals surface area contributed by atoms with Crippen LogP contribution in [0.1, 0.15) is 43.2 Å². The van der Waals surface area contributed by atoms with E-state index in [0.717, 1.165) is 43.5 Å². The van der Waals surface area contributed by atoms with Gasteiger partial charge in [0.05, 0.1) is 14.2 Å². The van der Waals surface area contributed by atoms with E-state index in [0.29, 0.717) is 0 Å². The number of rotatable bonds is 10. The molecule has 1 aliphatic heterocycles. The first-order valence-electron chi connectivity index (χ1n) is 10.4. The van der Waals surface area contributed by atoms with Gasteiger partial charge in [-0.2, -0.15) is 0 Å². The number of aliphatic imine (C=N–C) groups is 1. The highest BCUT2D eigenvalue weighted by Gasteiger charge is 2.21. The Bertz CT molecular complexity index is 631. The molecular formula is C22H38N4O2. The van der Waals surface area contributed by atoms with Crippen LogP contribution in [-0.4, -0.2) is 70.8 Å². The predicted molar refractivity (Wildman–Crippen MR) is 117 cm³/mol. The maximum atomic E-state index is 5.47. The molecule has 0 atom stereocenters. The molecular weight excluding hydrogens is 352 g/mol. The van der Waals surface area contributed by atoms with Crippen molar-refractivity contribution in [1.29, 1.82) is 0 Å². The van der Waals surface area contributed by atoms with Crippen LogP contribution in [0.3, 0.4) is 0 Å². The van der Waals surface area contributed by atoms with Crippen LogP contribution < -0.4 is 14.8 Å². The molecule has 0 fully saturated rings. The number of unbranched alkanes of at least 4 members (excludes halogenated alkanes) is 4. The largest absolute Gasteiger partial charge is 0.493 e. The van der Waals surface area contributed by atoms with Crippen molar-refractivity contribution in [3.63, 3.8) is 0 Å². The molecule has 1 aromatic rings. The van der Waals surface area contributed by atoms with Gasteiger partial charge >= 0.3 is 0 Å². The molecule has 0 radical (unpaired) electrons. The van der Waals surface area contributed by atoms with Crippen molar-refractivity contribution in [3.8, 4) is 11.5 Å². The summed E-state index contributed by atoms with van der Waals surface area (Å²) >= 11 is 0. The molecule has 1 aromatic carbocycles. The van der Waals surface area contributed by atoms with E-state index in [4.69, 9.17) is 9.47 Å². The molecule has 6 heteroatoms. The first-order valence-corrected chi connectivity index (χ1v) is 10.4. The highest BCUT2D eigenvalue weighted by atomic mass is 16.5. The van der Waals surface area contributed by atoms with E-state index in [2.05, 4.69) is 46.3 Å². The van der Waals surface area contributed by atoms with Crippen LogP contribution in [0.25, 0.3) is 0 Å². The number of nitrogens with one attached hydrogen (secondary N) is 1. The van der Waals surface area contributed by atoms with Gasteiger partial charge in [0.15, 0.2) is 17.5 Å². The number of hydrogen-bond donors (Lipinski definition) is 1. The number of hydrogen-bond acceptors (Lipinski definition) is 4. The summed E-state index contributed by atoms with van der Waals surface area (Å²) in [5.74, 6) is 2.59. The third kappa shape index (κ3) is 6.59. The number of benzene rings is 1. The van der Waals surface area contributed by atoms with Gasteiger partial charge in [0, 0.05) is 26.7 Å². The molecule has 0 saturated carbocycles. The van der Waals surface area contributed by atoms with Crippen LogP contribution in [0.5, 0.6) is 11.5 Å². The van der Waals surface area contributed by atoms with E-state index in [1.807, 2.05) is 7.05 Å². The summed E-state index contributed by atoms with van der Waals surface area (Å²) in [5.41, 5.74) is 2.62. The zero-order chi connectivity index (χ0) is 20.4. The molecule has 0 saturated heterocycles. The number of fused-ring (bicyclic) bond motifs is 1. The lowest BCUT2D eigenvalue weighted by atomic mass is 9.99. The van der Waals surface area contributed by atoms with Crippen molar-refractivity contribution in [3.05, 3.63) is 23.3 Å². The standard InChI is InChI=1S/C22H38N4O2/c1-23-22(24-12-9-7-6-8-10-13-25(2)3)26-14-11-18-15-20(27-4)21(28-5)16-19(18)17-26/h15-16H,6-14,17H2,1-5H3,(H,23,24). The lowest BCUT2D eigenvalue weighted by Crippen LogP contribution is -2.44. The number of nitrogens with zero attached hydrogens (tertiary/aromatic N) is 3. The summed E-state index contributed by atoms with van der Waals surface area (Å²) in [6.07, 6.45) is 7.38. The third-order valence-corrected chi connectivity index (χ3v) is 5.29. The SMILES string of the molecule is CN=C(NCCCCCCCN(C)C)N1CCc2cc(OC)c(OC)cc2C1. The highest BCUT2D eigenvalue weighted by molar-refractivity contribution is 5.80. The van der Waals surface area contributed by atoms with Crippen molar-refractivity contribution < 1.29 is 9.47 Å². The number of ether oxygens (including phenoxy) is 2. The van der Waals surface area contributed by atoms with Gasteiger partial charge < -0.3 is 24.6 Å². The molecule has 1 heterocycles. The van der Waals surface area contributed by atoms with Crippen molar-refractivity contribution in [2.75, 3.05) is 55.0 Å². The second-order valence-electron chi connectivity index (χ2n) is 7.69. The summed E-state index contributed by atoms with van der Waals surface area (Å²) in [4.78, 5) is 9.08. The predicted octanol–water partition coefficient (Wildman–Crippen LogP) is 3.15. The number of guanidine groups is 1. The van der Waals surface area contributed by atoms with Gasteiger partial charge in [0.1, 0.15) is 0 Å². The molecule has 0 bridgehead atoms. The third-order valence-electron chi connectivity index (χ3n) is 5.29.